The second-order valence-electron chi connectivity index (χ2n) is 6.72. The Labute approximate surface area is 159 Å². The summed E-state index contributed by atoms with van der Waals surface area (Å²) in [6.07, 6.45) is 7.21. The fraction of sp³-hybridized carbons (Fsp3) is 0.500. The number of anilines is 1. The summed E-state index contributed by atoms with van der Waals surface area (Å²) in [5, 5.41) is 6.87. The van der Waals surface area contributed by atoms with Crippen LogP contribution in [-0.2, 0) is 6.42 Å². The van der Waals surface area contributed by atoms with Crippen LogP contribution in [0, 0.1) is 5.82 Å². The van der Waals surface area contributed by atoms with Gasteiger partial charge in [-0.3, -0.25) is 4.99 Å². The first-order valence-corrected chi connectivity index (χ1v) is 9.69. The number of pyridine rings is 1. The lowest BCUT2D eigenvalue weighted by molar-refractivity contribution is 0.506. The molecule has 0 aliphatic carbocycles. The van der Waals surface area contributed by atoms with Crippen LogP contribution in [0.5, 0.6) is 0 Å². The van der Waals surface area contributed by atoms with Gasteiger partial charge in [-0.1, -0.05) is 13.3 Å². The van der Waals surface area contributed by atoms with E-state index in [2.05, 4.69) is 27.5 Å². The van der Waals surface area contributed by atoms with Gasteiger partial charge in [0, 0.05) is 44.8 Å². The van der Waals surface area contributed by atoms with Crippen molar-refractivity contribution in [3.8, 4) is 0 Å². The van der Waals surface area contributed by atoms with E-state index in [0.29, 0.717) is 12.4 Å². The molecule has 3 heterocycles. The third-order valence-electron chi connectivity index (χ3n) is 4.59. The molecule has 3 rings (SSSR count). The smallest absolute Gasteiger partial charge is 0.191 e. The molecule has 0 aromatic carbocycles. The topological polar surface area (TPSA) is 65.7 Å². The van der Waals surface area contributed by atoms with Crippen LogP contribution in [0.4, 0.5) is 10.2 Å². The van der Waals surface area contributed by atoms with Crippen LogP contribution in [0.3, 0.4) is 0 Å². The number of halogens is 1. The van der Waals surface area contributed by atoms with Crippen molar-refractivity contribution in [2.45, 2.75) is 38.6 Å². The molecule has 1 aliphatic rings. The summed E-state index contributed by atoms with van der Waals surface area (Å²) in [5.41, 5.74) is 0. The number of rotatable bonds is 8. The second kappa shape index (κ2) is 9.94. The molecule has 0 saturated carbocycles. The predicted molar refractivity (Wildman–Crippen MR) is 106 cm³/mol. The molecule has 2 N–H and O–H groups in total. The lowest BCUT2D eigenvalue weighted by Crippen LogP contribution is -2.45. The third kappa shape index (κ3) is 5.70. The van der Waals surface area contributed by atoms with E-state index in [-0.39, 0.29) is 11.9 Å². The van der Waals surface area contributed by atoms with Crippen LogP contribution in [0.1, 0.15) is 31.9 Å². The lowest BCUT2D eigenvalue weighted by atomic mass is 10.2. The largest absolute Gasteiger partial charge is 0.469 e. The SMILES string of the molecule is CCCCN=C(NCCc1ccco1)NC1CCN(c2ncccc2F)C1. The van der Waals surface area contributed by atoms with Crippen LogP contribution in [0.2, 0.25) is 0 Å². The molecule has 6 nitrogen and oxygen atoms in total. The lowest BCUT2D eigenvalue weighted by Gasteiger charge is -2.20. The van der Waals surface area contributed by atoms with E-state index >= 15 is 0 Å². The molecule has 27 heavy (non-hydrogen) atoms. The normalized spacial score (nSPS) is 17.3. The van der Waals surface area contributed by atoms with Crippen LogP contribution in [-0.4, -0.2) is 43.2 Å². The number of aromatic nitrogens is 1. The van der Waals surface area contributed by atoms with E-state index in [1.165, 1.54) is 6.07 Å². The van der Waals surface area contributed by atoms with Gasteiger partial charge in [0.25, 0.3) is 0 Å². The average Bonchev–Trinajstić information content (AvgIpc) is 3.34. The second-order valence-corrected chi connectivity index (χ2v) is 6.72. The first kappa shape index (κ1) is 19.2. The van der Waals surface area contributed by atoms with E-state index in [0.717, 1.165) is 57.0 Å². The van der Waals surface area contributed by atoms with E-state index in [9.17, 15) is 4.39 Å². The molecule has 2 aromatic heterocycles. The number of furan rings is 1. The molecule has 1 atom stereocenters. The molecule has 0 radical (unpaired) electrons. The van der Waals surface area contributed by atoms with Crippen molar-refractivity contribution in [2.75, 3.05) is 31.1 Å². The molecular weight excluding hydrogens is 345 g/mol. The number of aliphatic imine (C=N–C) groups is 1. The summed E-state index contributed by atoms with van der Waals surface area (Å²) in [7, 11) is 0. The summed E-state index contributed by atoms with van der Waals surface area (Å²) in [5.74, 6) is 1.92. The average molecular weight is 373 g/mol. The van der Waals surface area contributed by atoms with Gasteiger partial charge in [0.1, 0.15) is 5.76 Å². The van der Waals surface area contributed by atoms with Crippen molar-refractivity contribution < 1.29 is 8.81 Å². The molecular formula is C20H28FN5O. The Hall–Kier alpha value is -2.57. The van der Waals surface area contributed by atoms with Gasteiger partial charge in [-0.2, -0.15) is 0 Å². The molecule has 0 spiro atoms. The van der Waals surface area contributed by atoms with Crippen LogP contribution in [0.25, 0.3) is 0 Å². The highest BCUT2D eigenvalue weighted by molar-refractivity contribution is 5.80. The Kier molecular flexibility index (Phi) is 7.07. The Morgan fingerprint density at radius 2 is 2.33 bits per heavy atom. The molecule has 1 fully saturated rings. The van der Waals surface area contributed by atoms with Crippen molar-refractivity contribution in [1.29, 1.82) is 0 Å². The molecule has 146 valence electrons. The Morgan fingerprint density at radius 1 is 1.41 bits per heavy atom. The van der Waals surface area contributed by atoms with E-state index in [1.807, 2.05) is 17.0 Å². The molecule has 0 amide bonds. The molecule has 1 aliphatic heterocycles. The van der Waals surface area contributed by atoms with Crippen LogP contribution in [0.15, 0.2) is 46.1 Å². The highest BCUT2D eigenvalue weighted by atomic mass is 19.1. The summed E-state index contributed by atoms with van der Waals surface area (Å²) in [4.78, 5) is 10.8. The van der Waals surface area contributed by atoms with Crippen molar-refractivity contribution in [1.82, 2.24) is 15.6 Å². The van der Waals surface area contributed by atoms with E-state index < -0.39 is 0 Å². The molecule has 1 unspecified atom stereocenters. The Balaban J connectivity index is 1.53. The van der Waals surface area contributed by atoms with Gasteiger partial charge in [0.05, 0.1) is 6.26 Å². The summed E-state index contributed by atoms with van der Waals surface area (Å²) >= 11 is 0. The molecule has 0 bridgehead atoms. The first-order chi connectivity index (χ1) is 13.3. The third-order valence-corrected chi connectivity index (χ3v) is 4.59. The van der Waals surface area contributed by atoms with Crippen molar-refractivity contribution in [3.63, 3.8) is 0 Å². The maximum atomic E-state index is 14.0. The number of hydrogen-bond acceptors (Lipinski definition) is 4. The van der Waals surface area contributed by atoms with Crippen molar-refractivity contribution >= 4 is 11.8 Å². The van der Waals surface area contributed by atoms with Gasteiger partial charge in [-0.05, 0) is 37.1 Å². The van der Waals surface area contributed by atoms with Gasteiger partial charge in [0.2, 0.25) is 0 Å². The van der Waals surface area contributed by atoms with E-state index in [4.69, 9.17) is 4.42 Å². The molecule has 7 heteroatoms. The van der Waals surface area contributed by atoms with E-state index in [1.54, 1.807) is 18.5 Å². The Morgan fingerprint density at radius 3 is 3.11 bits per heavy atom. The zero-order valence-corrected chi connectivity index (χ0v) is 15.8. The number of nitrogens with zero attached hydrogens (tertiary/aromatic N) is 3. The zero-order chi connectivity index (χ0) is 18.9. The monoisotopic (exact) mass is 373 g/mol. The fourth-order valence-electron chi connectivity index (χ4n) is 3.13. The van der Waals surface area contributed by atoms with Gasteiger partial charge in [0.15, 0.2) is 17.6 Å². The minimum atomic E-state index is -0.272. The zero-order valence-electron chi connectivity index (χ0n) is 15.8. The molecule has 1 saturated heterocycles. The number of hydrogen-bond donors (Lipinski definition) is 2. The standard InChI is InChI=1S/C20H28FN5O/c1-2-3-10-23-20(24-12-8-17-6-5-14-27-17)25-16-9-13-26(15-16)19-18(21)7-4-11-22-19/h4-7,11,14,16H,2-3,8-10,12-13,15H2,1H3,(H2,23,24,25). The van der Waals surface area contributed by atoms with Gasteiger partial charge < -0.3 is 20.0 Å². The number of unbranched alkanes of at least 4 members (excludes halogenated alkanes) is 1. The van der Waals surface area contributed by atoms with Crippen LogP contribution < -0.4 is 15.5 Å². The number of nitrogens with one attached hydrogen (secondary N) is 2. The highest BCUT2D eigenvalue weighted by Gasteiger charge is 2.25. The number of guanidine groups is 1. The summed E-state index contributed by atoms with van der Waals surface area (Å²) in [6, 6.07) is 7.15. The first-order valence-electron chi connectivity index (χ1n) is 9.69. The minimum Gasteiger partial charge on any atom is -0.469 e. The van der Waals surface area contributed by atoms with Gasteiger partial charge in [-0.15, -0.1) is 0 Å². The quantitative estimate of drug-likeness (QED) is 0.423. The van der Waals surface area contributed by atoms with Crippen LogP contribution >= 0.6 is 0 Å². The highest BCUT2D eigenvalue weighted by Crippen LogP contribution is 2.20. The van der Waals surface area contributed by atoms with Gasteiger partial charge >= 0.3 is 0 Å². The maximum absolute atomic E-state index is 14.0. The van der Waals surface area contributed by atoms with Crippen molar-refractivity contribution in [3.05, 3.63) is 48.3 Å². The summed E-state index contributed by atoms with van der Waals surface area (Å²) in [6.45, 7) is 5.18. The minimum absolute atomic E-state index is 0.211. The van der Waals surface area contributed by atoms with Crippen molar-refractivity contribution in [2.24, 2.45) is 4.99 Å². The fourth-order valence-corrected chi connectivity index (χ4v) is 3.13. The molecule has 2 aromatic rings. The maximum Gasteiger partial charge on any atom is 0.191 e. The Bertz CT molecular complexity index is 719. The van der Waals surface area contributed by atoms with Gasteiger partial charge in [-0.25, -0.2) is 9.37 Å². The predicted octanol–water partition coefficient (Wildman–Crippen LogP) is 2.97. The summed E-state index contributed by atoms with van der Waals surface area (Å²) < 4.78 is 19.3.